The van der Waals surface area contributed by atoms with E-state index in [1.165, 1.54) is 44.7 Å². The molecule has 0 unspecified atom stereocenters. The maximum Gasteiger partial charge on any atom is 0.356 e. The van der Waals surface area contributed by atoms with E-state index in [1.807, 2.05) is 0 Å². The zero-order chi connectivity index (χ0) is 14.7. The van der Waals surface area contributed by atoms with Crippen molar-refractivity contribution in [2.75, 3.05) is 25.0 Å². The van der Waals surface area contributed by atoms with E-state index in [2.05, 4.69) is 20.4 Å². The van der Waals surface area contributed by atoms with E-state index in [4.69, 9.17) is 5.11 Å². The van der Waals surface area contributed by atoms with Crippen LogP contribution < -0.4 is 5.32 Å². The Hall–Kier alpha value is -1.69. The highest BCUT2D eigenvalue weighted by Gasteiger charge is 2.29. The lowest BCUT2D eigenvalue weighted by atomic mass is 10.1. The third-order valence-electron chi connectivity index (χ3n) is 4.61. The Morgan fingerprint density at radius 1 is 1.29 bits per heavy atom. The van der Waals surface area contributed by atoms with Gasteiger partial charge in [0.25, 0.3) is 0 Å². The number of nitrogens with one attached hydrogen (secondary N) is 1. The summed E-state index contributed by atoms with van der Waals surface area (Å²) >= 11 is 0. The molecule has 1 aromatic rings. The molecular weight excluding hydrogens is 268 g/mol. The molecule has 2 fully saturated rings. The SMILES string of the molecule is O=C(O)c1ccc(NC[C@H]2CCN(C3CCCC3)C2)nn1. The van der Waals surface area contributed by atoms with Crippen LogP contribution in [-0.2, 0) is 0 Å². The van der Waals surface area contributed by atoms with Crippen LogP contribution in [0, 0.1) is 5.92 Å². The summed E-state index contributed by atoms with van der Waals surface area (Å²) in [5, 5.41) is 19.6. The fourth-order valence-corrected chi connectivity index (χ4v) is 3.42. The number of aromatic carboxylic acids is 1. The van der Waals surface area contributed by atoms with Crippen LogP contribution in [0.4, 0.5) is 5.82 Å². The van der Waals surface area contributed by atoms with Crippen LogP contribution in [0.2, 0.25) is 0 Å². The second kappa shape index (κ2) is 6.39. The van der Waals surface area contributed by atoms with Crippen molar-refractivity contribution in [1.29, 1.82) is 0 Å². The van der Waals surface area contributed by atoms with E-state index < -0.39 is 5.97 Å². The highest BCUT2D eigenvalue weighted by atomic mass is 16.4. The Bertz CT molecular complexity index is 485. The first-order valence-corrected chi connectivity index (χ1v) is 7.77. The predicted octanol–water partition coefficient (Wildman–Crippen LogP) is 1.85. The first-order chi connectivity index (χ1) is 10.2. The van der Waals surface area contributed by atoms with Crippen LogP contribution in [0.3, 0.4) is 0 Å². The molecule has 0 amide bonds. The second-order valence-electron chi connectivity index (χ2n) is 6.08. The Morgan fingerprint density at radius 3 is 2.76 bits per heavy atom. The third-order valence-corrected chi connectivity index (χ3v) is 4.61. The molecule has 1 aromatic heterocycles. The number of nitrogens with zero attached hydrogens (tertiary/aromatic N) is 3. The molecule has 2 aliphatic rings. The summed E-state index contributed by atoms with van der Waals surface area (Å²) in [6.07, 6.45) is 6.72. The Balaban J connectivity index is 1.46. The van der Waals surface area contributed by atoms with Crippen molar-refractivity contribution in [3.8, 4) is 0 Å². The monoisotopic (exact) mass is 290 g/mol. The fraction of sp³-hybridized carbons (Fsp3) is 0.667. The number of rotatable bonds is 5. The number of carboxylic acid groups (broad SMARTS) is 1. The molecule has 114 valence electrons. The van der Waals surface area contributed by atoms with Crippen molar-refractivity contribution in [3.05, 3.63) is 17.8 Å². The third kappa shape index (κ3) is 3.50. The highest BCUT2D eigenvalue weighted by molar-refractivity contribution is 5.85. The Labute approximate surface area is 124 Å². The topological polar surface area (TPSA) is 78.4 Å². The number of likely N-dealkylation sites (tertiary alicyclic amines) is 1. The molecule has 1 aliphatic carbocycles. The number of hydrogen-bond donors (Lipinski definition) is 2. The van der Waals surface area contributed by atoms with Gasteiger partial charge in [0.1, 0.15) is 5.82 Å². The summed E-state index contributed by atoms with van der Waals surface area (Å²) in [4.78, 5) is 13.4. The standard InChI is InChI=1S/C15H22N4O2/c20-15(21)13-5-6-14(18-17-13)16-9-11-7-8-19(10-11)12-3-1-2-4-12/h5-6,11-12H,1-4,7-10H2,(H,16,18)(H,20,21)/t11-/m1/s1. The van der Waals surface area contributed by atoms with E-state index >= 15 is 0 Å². The maximum atomic E-state index is 10.7. The lowest BCUT2D eigenvalue weighted by Crippen LogP contribution is -2.31. The molecule has 1 saturated heterocycles. The minimum Gasteiger partial charge on any atom is -0.476 e. The van der Waals surface area contributed by atoms with Crippen molar-refractivity contribution in [1.82, 2.24) is 15.1 Å². The molecule has 2 N–H and O–H groups in total. The van der Waals surface area contributed by atoms with Crippen LogP contribution in [-0.4, -0.2) is 51.8 Å². The largest absolute Gasteiger partial charge is 0.476 e. The summed E-state index contributed by atoms with van der Waals surface area (Å²) in [6, 6.07) is 3.97. The molecule has 1 aliphatic heterocycles. The zero-order valence-electron chi connectivity index (χ0n) is 12.2. The van der Waals surface area contributed by atoms with E-state index in [-0.39, 0.29) is 5.69 Å². The molecule has 3 rings (SSSR count). The van der Waals surface area contributed by atoms with Crippen LogP contribution in [0.5, 0.6) is 0 Å². The van der Waals surface area contributed by atoms with Gasteiger partial charge in [0, 0.05) is 19.1 Å². The molecular formula is C15H22N4O2. The number of hydrogen-bond acceptors (Lipinski definition) is 5. The minimum absolute atomic E-state index is 0.0196. The average Bonchev–Trinajstić information content (AvgIpc) is 3.16. The van der Waals surface area contributed by atoms with Gasteiger partial charge in [-0.2, -0.15) is 0 Å². The Kier molecular flexibility index (Phi) is 4.34. The van der Waals surface area contributed by atoms with Crippen molar-refractivity contribution in [2.24, 2.45) is 5.92 Å². The highest BCUT2D eigenvalue weighted by Crippen LogP contribution is 2.28. The van der Waals surface area contributed by atoms with Gasteiger partial charge in [-0.05, 0) is 43.9 Å². The molecule has 2 heterocycles. The first-order valence-electron chi connectivity index (χ1n) is 7.77. The van der Waals surface area contributed by atoms with E-state index in [0.29, 0.717) is 11.7 Å². The lowest BCUT2D eigenvalue weighted by Gasteiger charge is -2.23. The lowest BCUT2D eigenvalue weighted by molar-refractivity contribution is 0.0689. The smallest absolute Gasteiger partial charge is 0.356 e. The summed E-state index contributed by atoms with van der Waals surface area (Å²) < 4.78 is 0. The molecule has 6 nitrogen and oxygen atoms in total. The fourth-order valence-electron chi connectivity index (χ4n) is 3.42. The maximum absolute atomic E-state index is 10.7. The van der Waals surface area contributed by atoms with Crippen molar-refractivity contribution < 1.29 is 9.90 Å². The van der Waals surface area contributed by atoms with Crippen LogP contribution >= 0.6 is 0 Å². The summed E-state index contributed by atoms with van der Waals surface area (Å²) in [7, 11) is 0. The van der Waals surface area contributed by atoms with Gasteiger partial charge in [-0.15, -0.1) is 10.2 Å². The normalized spacial score (nSPS) is 23.5. The van der Waals surface area contributed by atoms with Crippen LogP contribution in [0.25, 0.3) is 0 Å². The number of anilines is 1. The zero-order valence-corrected chi connectivity index (χ0v) is 12.2. The van der Waals surface area contributed by atoms with Gasteiger partial charge >= 0.3 is 5.97 Å². The molecule has 21 heavy (non-hydrogen) atoms. The minimum atomic E-state index is -1.04. The molecule has 1 atom stereocenters. The van der Waals surface area contributed by atoms with E-state index in [0.717, 1.165) is 19.1 Å². The quantitative estimate of drug-likeness (QED) is 0.861. The molecule has 6 heteroatoms. The first kappa shape index (κ1) is 14.3. The number of carbonyl (C=O) groups is 1. The Morgan fingerprint density at radius 2 is 2.10 bits per heavy atom. The number of carboxylic acids is 1. The van der Waals surface area contributed by atoms with E-state index in [9.17, 15) is 4.79 Å². The summed E-state index contributed by atoms with van der Waals surface area (Å²) in [5.41, 5.74) is -0.0196. The van der Waals surface area contributed by atoms with Gasteiger partial charge < -0.3 is 15.3 Å². The van der Waals surface area contributed by atoms with Crippen molar-refractivity contribution in [2.45, 2.75) is 38.1 Å². The second-order valence-corrected chi connectivity index (χ2v) is 6.08. The van der Waals surface area contributed by atoms with Crippen molar-refractivity contribution in [3.63, 3.8) is 0 Å². The van der Waals surface area contributed by atoms with Gasteiger partial charge in [0.15, 0.2) is 5.69 Å². The van der Waals surface area contributed by atoms with Crippen LogP contribution in [0.15, 0.2) is 12.1 Å². The molecule has 1 saturated carbocycles. The summed E-state index contributed by atoms with van der Waals surface area (Å²) in [5.74, 6) is 0.253. The molecule has 0 radical (unpaired) electrons. The van der Waals surface area contributed by atoms with Gasteiger partial charge in [0.2, 0.25) is 0 Å². The van der Waals surface area contributed by atoms with Crippen molar-refractivity contribution >= 4 is 11.8 Å². The predicted molar refractivity (Wildman–Crippen MR) is 79.4 cm³/mol. The number of aromatic nitrogens is 2. The van der Waals surface area contributed by atoms with Gasteiger partial charge in [-0.25, -0.2) is 4.79 Å². The molecule has 0 aromatic carbocycles. The van der Waals surface area contributed by atoms with E-state index in [1.54, 1.807) is 6.07 Å². The van der Waals surface area contributed by atoms with Gasteiger partial charge in [-0.1, -0.05) is 12.8 Å². The van der Waals surface area contributed by atoms with Gasteiger partial charge in [-0.3, -0.25) is 0 Å². The molecule has 0 bridgehead atoms. The van der Waals surface area contributed by atoms with Crippen LogP contribution in [0.1, 0.15) is 42.6 Å². The molecule has 0 spiro atoms. The van der Waals surface area contributed by atoms with Gasteiger partial charge in [0.05, 0.1) is 0 Å². The summed E-state index contributed by atoms with van der Waals surface area (Å²) in [6.45, 7) is 3.25. The average molecular weight is 290 g/mol.